The van der Waals surface area contributed by atoms with E-state index in [1.165, 1.54) is 19.9 Å². The summed E-state index contributed by atoms with van der Waals surface area (Å²) >= 11 is 0. The molecular formula is C66H85NO15Si2. The first-order chi connectivity index (χ1) is 39.5. The highest BCUT2D eigenvalue weighted by Gasteiger charge is 2.79. The number of nitrogens with one attached hydrogen (secondary N) is 1. The molecule has 2 N–H and O–H groups in total. The van der Waals surface area contributed by atoms with Crippen LogP contribution in [0, 0.1) is 16.7 Å². The average molecular weight is 1190 g/mol. The highest BCUT2D eigenvalue weighted by molar-refractivity contribution is 6.74. The van der Waals surface area contributed by atoms with Crippen molar-refractivity contribution in [1.29, 1.82) is 0 Å². The van der Waals surface area contributed by atoms with E-state index in [2.05, 4.69) is 26.1 Å². The fourth-order valence-electron chi connectivity index (χ4n) is 13.1. The summed E-state index contributed by atoms with van der Waals surface area (Å²) in [7, 11) is -5.68. The van der Waals surface area contributed by atoms with Gasteiger partial charge in [0.05, 0.1) is 35.6 Å². The quantitative estimate of drug-likeness (QED) is 0.0365. The maximum absolute atomic E-state index is 16.8. The van der Waals surface area contributed by atoms with Gasteiger partial charge in [0.1, 0.15) is 36.3 Å². The van der Waals surface area contributed by atoms with Crippen LogP contribution in [0.3, 0.4) is 0 Å². The summed E-state index contributed by atoms with van der Waals surface area (Å²) in [5, 5.41) is 17.3. The molecule has 4 aromatic rings. The predicted octanol–water partition coefficient (Wildman–Crippen LogP) is 11.4. The molecule has 11 atom stereocenters. The largest absolute Gasteiger partial charge is 0.489 e. The topological polar surface area (TPSA) is 209 Å². The lowest BCUT2D eigenvalue weighted by Crippen LogP contribution is -2.82. The van der Waals surface area contributed by atoms with Crippen molar-refractivity contribution in [2.24, 2.45) is 16.7 Å². The number of ether oxygens (including phenoxy) is 6. The number of benzene rings is 4. The number of carbonyl (C=O) groups is 6. The van der Waals surface area contributed by atoms with Crippen LogP contribution in [0.15, 0.2) is 126 Å². The molecule has 0 unspecified atom stereocenters. The van der Waals surface area contributed by atoms with Crippen LogP contribution in [0.25, 0.3) is 0 Å². The van der Waals surface area contributed by atoms with Crippen LogP contribution in [0.2, 0.25) is 36.3 Å². The molecule has 3 aliphatic carbocycles. The molecule has 8 rings (SSSR count). The third-order valence-corrected chi connectivity index (χ3v) is 28.4. The molecule has 3 fully saturated rings. The Labute approximate surface area is 496 Å². The molecule has 1 amide bonds. The first-order valence-electron chi connectivity index (χ1n) is 29.4. The molecular weight excluding hydrogens is 1100 g/mol. The number of carbonyl (C=O) groups excluding carboxylic acids is 6. The van der Waals surface area contributed by atoms with Crippen molar-refractivity contribution >= 4 is 52.2 Å². The van der Waals surface area contributed by atoms with Gasteiger partial charge in [0.25, 0.3) is 5.91 Å². The first kappa shape index (κ1) is 63.7. The molecule has 0 spiro atoms. The molecule has 1 aliphatic heterocycles. The summed E-state index contributed by atoms with van der Waals surface area (Å²) < 4.78 is 53.7. The van der Waals surface area contributed by atoms with E-state index in [1.54, 1.807) is 100 Å². The zero-order valence-electron chi connectivity index (χ0n) is 51.2. The van der Waals surface area contributed by atoms with Crippen molar-refractivity contribution < 1.29 is 71.1 Å². The number of hydrogen-bond donors (Lipinski definition) is 2. The molecule has 4 aliphatic rings. The third-order valence-electron chi connectivity index (χ3n) is 19.3. The van der Waals surface area contributed by atoms with Crippen LogP contribution in [-0.4, -0.2) is 112 Å². The van der Waals surface area contributed by atoms with Gasteiger partial charge in [0, 0.05) is 37.7 Å². The number of esters is 4. The first-order valence-corrected chi connectivity index (χ1v) is 34.9. The Morgan fingerprint density at radius 2 is 1.38 bits per heavy atom. The number of amides is 1. The molecule has 0 radical (unpaired) electrons. The summed E-state index contributed by atoms with van der Waals surface area (Å²) in [5.41, 5.74) is -5.49. The van der Waals surface area contributed by atoms with Crippen molar-refractivity contribution in [2.45, 2.75) is 193 Å². The van der Waals surface area contributed by atoms with Gasteiger partial charge in [-0.25, -0.2) is 9.59 Å². The van der Waals surface area contributed by atoms with Crippen molar-refractivity contribution in [3.8, 4) is 5.75 Å². The van der Waals surface area contributed by atoms with Gasteiger partial charge in [0.15, 0.2) is 40.2 Å². The summed E-state index contributed by atoms with van der Waals surface area (Å²) in [6.45, 7) is 25.3. The van der Waals surface area contributed by atoms with Gasteiger partial charge >= 0.3 is 23.9 Å². The second-order valence-corrected chi connectivity index (χ2v) is 35.0. The standard InChI is InChI=1S/C66H85NO15Si2/c1-15-84(16-2,17-3)81-50-37-51-65(40-76-51,80-43(6)69)56-58(79-60(72)47-34-27-35-48(36-47)75-39-44-28-21-18-22-29-44)66(74)38-49(41(4)52(63(66,10)11)54(77-42(5)68)57(70)64(50,56)12)78-61(73)55(82-83(13,14)62(7,8)9)53(45-30-23-19-24-31-45)67-59(71)46-32-25-20-26-33-46/h18-36,49-51,53-56,58,74H,15-17,37-40H2,1-14H3,(H,67,71)/t49-,50-,51+,53-,54+,55+,56-,58-,64+,65-,66+/m0/s1. The fourth-order valence-corrected chi connectivity index (χ4v) is 17.3. The predicted molar refractivity (Wildman–Crippen MR) is 321 cm³/mol. The van der Waals surface area contributed by atoms with Crippen LogP contribution < -0.4 is 10.1 Å². The lowest BCUT2D eigenvalue weighted by molar-refractivity contribution is -0.344. The lowest BCUT2D eigenvalue weighted by atomic mass is 9.44. The van der Waals surface area contributed by atoms with Gasteiger partial charge in [-0.05, 0) is 103 Å². The molecule has 2 bridgehead atoms. The molecule has 2 saturated carbocycles. The zero-order chi connectivity index (χ0) is 61.4. The molecule has 452 valence electrons. The maximum Gasteiger partial charge on any atom is 0.338 e. The van der Waals surface area contributed by atoms with E-state index in [4.69, 9.17) is 37.3 Å². The Kier molecular flexibility index (Phi) is 18.7. The minimum atomic E-state index is -2.98. The Balaban J connectivity index is 1.35. The third kappa shape index (κ3) is 12.0. The molecule has 1 heterocycles. The van der Waals surface area contributed by atoms with Gasteiger partial charge in [-0.1, -0.05) is 140 Å². The Bertz CT molecular complexity index is 3100. The van der Waals surface area contributed by atoms with Crippen LogP contribution in [0.5, 0.6) is 5.75 Å². The van der Waals surface area contributed by atoms with Crippen LogP contribution in [0.1, 0.15) is 134 Å². The van der Waals surface area contributed by atoms with Crippen LogP contribution in [0.4, 0.5) is 0 Å². The van der Waals surface area contributed by atoms with E-state index in [1.807, 2.05) is 70.3 Å². The molecule has 84 heavy (non-hydrogen) atoms. The Morgan fingerprint density at radius 3 is 1.94 bits per heavy atom. The summed E-state index contributed by atoms with van der Waals surface area (Å²) in [4.78, 5) is 90.0. The van der Waals surface area contributed by atoms with Gasteiger partial charge in [-0.3, -0.25) is 19.2 Å². The van der Waals surface area contributed by atoms with Crippen molar-refractivity contribution in [3.05, 3.63) is 149 Å². The van der Waals surface area contributed by atoms with E-state index in [-0.39, 0.29) is 36.3 Å². The number of aliphatic hydroxyl groups is 1. The molecule has 16 nitrogen and oxygen atoms in total. The molecule has 1 saturated heterocycles. The van der Waals surface area contributed by atoms with E-state index < -0.39 is 134 Å². The number of hydrogen-bond acceptors (Lipinski definition) is 15. The smallest absolute Gasteiger partial charge is 0.338 e. The summed E-state index contributed by atoms with van der Waals surface area (Å²) in [6, 6.07) is 34.4. The average Bonchev–Trinajstić information content (AvgIpc) is 0.682. The second-order valence-electron chi connectivity index (χ2n) is 25.5. The fraction of sp³-hybridized carbons (Fsp3) is 0.515. The van der Waals surface area contributed by atoms with Crippen molar-refractivity contribution in [2.75, 3.05) is 6.61 Å². The Morgan fingerprint density at radius 1 is 0.786 bits per heavy atom. The van der Waals surface area contributed by atoms with E-state index in [0.29, 0.717) is 35.0 Å². The number of ketones is 1. The van der Waals surface area contributed by atoms with Gasteiger partial charge in [-0.15, -0.1) is 0 Å². The van der Waals surface area contributed by atoms with E-state index in [0.717, 1.165) is 5.56 Å². The molecule has 18 heteroatoms. The van der Waals surface area contributed by atoms with Gasteiger partial charge in [-0.2, -0.15) is 0 Å². The van der Waals surface area contributed by atoms with Crippen molar-refractivity contribution in [1.82, 2.24) is 5.32 Å². The summed E-state index contributed by atoms with van der Waals surface area (Å²) in [5.74, 6) is -5.63. The van der Waals surface area contributed by atoms with E-state index in [9.17, 15) is 19.5 Å². The van der Waals surface area contributed by atoms with Crippen LogP contribution >= 0.6 is 0 Å². The normalized spacial score (nSPS) is 27.2. The van der Waals surface area contributed by atoms with E-state index >= 15 is 14.4 Å². The zero-order valence-corrected chi connectivity index (χ0v) is 53.2. The van der Waals surface area contributed by atoms with Gasteiger partial charge < -0.3 is 47.7 Å². The molecule has 0 aromatic heterocycles. The van der Waals surface area contributed by atoms with Crippen molar-refractivity contribution in [3.63, 3.8) is 0 Å². The number of Topliss-reactive ketones (excluding diaryl/α,β-unsaturated/α-hetero) is 1. The number of rotatable bonds is 20. The Hall–Kier alpha value is -6.29. The minimum Gasteiger partial charge on any atom is -0.489 e. The highest BCUT2D eigenvalue weighted by Crippen LogP contribution is 2.65. The summed E-state index contributed by atoms with van der Waals surface area (Å²) in [6.07, 6.45) is -8.86. The highest BCUT2D eigenvalue weighted by atomic mass is 28.4. The SMILES string of the molecule is CC[Si](CC)(CC)O[C@H]1C[C@H]2OC[C@@]2(OC(C)=O)[C@H]2[C@H](OC(=O)c3cccc(OCc4ccccc4)c3)[C@]3(O)C[C@H](OC(=O)[C@H](O[Si](C)(C)C(C)(C)C)[C@@H](NC(=O)c4ccccc4)c4ccccc4)C(C)=C([C@@H](OC(C)=O)C(=O)[C@]12C)C3(C)C. The maximum atomic E-state index is 16.8. The second kappa shape index (κ2) is 24.6. The lowest BCUT2D eigenvalue weighted by Gasteiger charge is -2.68. The molecule has 4 aromatic carbocycles. The minimum absolute atomic E-state index is 0.0385. The monoisotopic (exact) mass is 1190 g/mol. The van der Waals surface area contributed by atoms with Crippen LogP contribution in [-0.2, 0) is 58.3 Å². The van der Waals surface area contributed by atoms with Gasteiger partial charge in [0.2, 0.25) is 0 Å². The number of fused-ring (bicyclic) bond motifs is 5.